The first kappa shape index (κ1) is 21.9. The number of benzene rings is 2. The second-order valence-corrected chi connectivity index (χ2v) is 7.64. The fraction of sp³-hybridized carbons (Fsp3) is 0.222. The van der Waals surface area contributed by atoms with Crippen molar-refractivity contribution in [2.24, 2.45) is 0 Å². The van der Waals surface area contributed by atoms with Crippen molar-refractivity contribution >= 4 is 27.4 Å². The zero-order valence-electron chi connectivity index (χ0n) is 15.6. The highest BCUT2D eigenvalue weighted by Gasteiger charge is 2.37. The molecule has 1 N–H and O–H groups in total. The van der Waals surface area contributed by atoms with Gasteiger partial charge in [0.15, 0.2) is 6.04 Å². The summed E-state index contributed by atoms with van der Waals surface area (Å²) in [7, 11) is -4.14. The molecule has 1 unspecified atom stereocenters. The fourth-order valence-corrected chi connectivity index (χ4v) is 3.62. The van der Waals surface area contributed by atoms with Crippen LogP contribution in [-0.2, 0) is 19.6 Å². The summed E-state index contributed by atoms with van der Waals surface area (Å²) in [6.45, 7) is 3.29. The van der Waals surface area contributed by atoms with Crippen LogP contribution in [0.25, 0.3) is 5.53 Å². The Hall–Kier alpha value is -3.40. The first-order valence-electron chi connectivity index (χ1n) is 8.42. The van der Waals surface area contributed by atoms with E-state index in [1.807, 2.05) is 0 Å². The third kappa shape index (κ3) is 5.32. The maximum absolute atomic E-state index is 12.8. The number of non-ortho nitro benzene ring substituents is 1. The Morgan fingerprint density at radius 2 is 1.79 bits per heavy atom. The fourth-order valence-electron chi connectivity index (χ4n) is 2.43. The lowest BCUT2D eigenvalue weighted by atomic mass is 10.0. The normalized spacial score (nSPS) is 11.9. The van der Waals surface area contributed by atoms with Crippen LogP contribution in [0.5, 0.6) is 0 Å². The predicted molar refractivity (Wildman–Crippen MR) is 103 cm³/mol. The molecule has 0 aliphatic carbocycles. The van der Waals surface area contributed by atoms with Gasteiger partial charge in [-0.05, 0) is 43.7 Å². The lowest BCUT2D eigenvalue weighted by Gasteiger charge is -2.15. The summed E-state index contributed by atoms with van der Waals surface area (Å²) in [5, 5.41) is 10.9. The Labute approximate surface area is 166 Å². The standard InChI is InChI=1S/C18H18N4O6S/c1-3-28-18(23)17(20-19)16(13-6-8-14(9-7-13)22(24)25)21-29(26,27)15-10-4-12(2)5-11-15/h4-11,16,21H,3H2,1-2H3. The number of carbonyl (C=O) groups excluding carboxylic acids is 1. The molecule has 0 amide bonds. The number of nitro groups is 1. The first-order chi connectivity index (χ1) is 13.7. The van der Waals surface area contributed by atoms with Crippen LogP contribution < -0.4 is 4.72 Å². The summed E-state index contributed by atoms with van der Waals surface area (Å²) in [5.74, 6) is -1.04. The summed E-state index contributed by atoms with van der Waals surface area (Å²) < 4.78 is 32.7. The van der Waals surface area contributed by atoms with Gasteiger partial charge < -0.3 is 10.3 Å². The maximum atomic E-state index is 12.8. The molecule has 2 aromatic carbocycles. The monoisotopic (exact) mass is 418 g/mol. The number of esters is 1. The van der Waals surface area contributed by atoms with E-state index in [1.165, 1.54) is 31.2 Å². The van der Waals surface area contributed by atoms with Crippen LogP contribution in [-0.4, -0.2) is 36.4 Å². The number of carbonyl (C=O) groups is 1. The van der Waals surface area contributed by atoms with E-state index >= 15 is 0 Å². The molecule has 2 aromatic rings. The number of hydrogen-bond donors (Lipinski definition) is 1. The van der Waals surface area contributed by atoms with Crippen molar-refractivity contribution in [3.8, 4) is 0 Å². The number of rotatable bonds is 8. The SMILES string of the molecule is CCOC(=O)C(=[N+]=[N-])C(NS(=O)(=O)c1ccc(C)cc1)c1ccc([N+](=O)[O-])cc1. The minimum atomic E-state index is -4.14. The molecule has 0 fully saturated rings. The minimum absolute atomic E-state index is 0.0322. The van der Waals surface area contributed by atoms with Crippen LogP contribution in [0, 0.1) is 17.0 Å². The van der Waals surface area contributed by atoms with Gasteiger partial charge in [0.25, 0.3) is 5.69 Å². The molecule has 0 aliphatic heterocycles. The third-order valence-corrected chi connectivity index (χ3v) is 5.35. The molecule has 0 heterocycles. The Morgan fingerprint density at radius 3 is 2.28 bits per heavy atom. The molecule has 0 aromatic heterocycles. The number of nitro benzene ring substituents is 1. The van der Waals surface area contributed by atoms with Crippen molar-refractivity contribution in [3.05, 3.63) is 75.3 Å². The van der Waals surface area contributed by atoms with Crippen molar-refractivity contribution in [1.29, 1.82) is 0 Å². The van der Waals surface area contributed by atoms with Crippen molar-refractivity contribution in [3.63, 3.8) is 0 Å². The molecular formula is C18H18N4O6S. The molecule has 29 heavy (non-hydrogen) atoms. The van der Waals surface area contributed by atoms with E-state index in [2.05, 4.69) is 9.51 Å². The average molecular weight is 418 g/mol. The molecular weight excluding hydrogens is 400 g/mol. The van der Waals surface area contributed by atoms with Crippen LogP contribution in [0.3, 0.4) is 0 Å². The van der Waals surface area contributed by atoms with Gasteiger partial charge in [-0.3, -0.25) is 10.1 Å². The zero-order chi connectivity index (χ0) is 21.6. The Balaban J connectivity index is 2.51. The zero-order valence-corrected chi connectivity index (χ0v) is 16.4. The molecule has 0 radical (unpaired) electrons. The average Bonchev–Trinajstić information content (AvgIpc) is 2.68. The van der Waals surface area contributed by atoms with Gasteiger partial charge in [0.1, 0.15) is 0 Å². The number of nitrogens with one attached hydrogen (secondary N) is 1. The van der Waals surface area contributed by atoms with E-state index in [0.29, 0.717) is 0 Å². The van der Waals surface area contributed by atoms with E-state index in [-0.39, 0.29) is 22.8 Å². The van der Waals surface area contributed by atoms with Gasteiger partial charge in [0.2, 0.25) is 10.0 Å². The Bertz CT molecular complexity index is 1060. The van der Waals surface area contributed by atoms with Gasteiger partial charge >= 0.3 is 11.7 Å². The summed E-state index contributed by atoms with van der Waals surface area (Å²) in [6.07, 6.45) is 0. The molecule has 0 saturated carbocycles. The maximum Gasteiger partial charge on any atom is 0.419 e. The van der Waals surface area contributed by atoms with Gasteiger partial charge in [0, 0.05) is 12.1 Å². The van der Waals surface area contributed by atoms with Crippen molar-refractivity contribution < 1.29 is 27.7 Å². The van der Waals surface area contributed by atoms with E-state index in [4.69, 9.17) is 4.74 Å². The molecule has 0 bridgehead atoms. The summed E-state index contributed by atoms with van der Waals surface area (Å²) in [4.78, 5) is 25.3. The Morgan fingerprint density at radius 1 is 1.21 bits per heavy atom. The van der Waals surface area contributed by atoms with Gasteiger partial charge in [-0.1, -0.05) is 17.7 Å². The van der Waals surface area contributed by atoms with Gasteiger partial charge in [-0.2, -0.15) is 9.51 Å². The molecule has 10 nitrogen and oxygen atoms in total. The molecule has 0 saturated heterocycles. The van der Waals surface area contributed by atoms with Crippen molar-refractivity contribution in [2.45, 2.75) is 24.8 Å². The molecule has 152 valence electrons. The van der Waals surface area contributed by atoms with Crippen LogP contribution in [0.4, 0.5) is 5.69 Å². The number of ether oxygens (including phenoxy) is 1. The number of aryl methyl sites for hydroxylation is 1. The summed E-state index contributed by atoms with van der Waals surface area (Å²) in [5.41, 5.74) is 9.49. The smallest absolute Gasteiger partial charge is 0.419 e. The molecule has 1 atom stereocenters. The largest absolute Gasteiger partial charge is 0.457 e. The molecule has 2 rings (SSSR count). The summed E-state index contributed by atoms with van der Waals surface area (Å²) >= 11 is 0. The lowest BCUT2D eigenvalue weighted by Crippen LogP contribution is -2.38. The number of nitrogens with zero attached hydrogens (tertiary/aromatic N) is 3. The van der Waals surface area contributed by atoms with Crippen LogP contribution in [0.15, 0.2) is 53.4 Å². The second kappa shape index (κ2) is 9.20. The van der Waals surface area contributed by atoms with Crippen LogP contribution in [0.1, 0.15) is 24.1 Å². The highest BCUT2D eigenvalue weighted by atomic mass is 32.2. The highest BCUT2D eigenvalue weighted by molar-refractivity contribution is 7.89. The van der Waals surface area contributed by atoms with E-state index in [9.17, 15) is 28.9 Å². The number of hydrogen-bond acceptors (Lipinski definition) is 6. The topological polar surface area (TPSA) is 152 Å². The van der Waals surface area contributed by atoms with Crippen LogP contribution in [0.2, 0.25) is 0 Å². The lowest BCUT2D eigenvalue weighted by molar-refractivity contribution is -0.384. The minimum Gasteiger partial charge on any atom is -0.457 e. The highest BCUT2D eigenvalue weighted by Crippen LogP contribution is 2.22. The number of sulfonamides is 1. The third-order valence-electron chi connectivity index (χ3n) is 3.91. The molecule has 0 aliphatic rings. The van der Waals surface area contributed by atoms with Crippen molar-refractivity contribution in [2.75, 3.05) is 6.61 Å². The van der Waals surface area contributed by atoms with Gasteiger partial charge in [0.05, 0.1) is 16.4 Å². The van der Waals surface area contributed by atoms with Gasteiger partial charge in [-0.15, -0.1) is 0 Å². The van der Waals surface area contributed by atoms with Gasteiger partial charge in [-0.25, -0.2) is 13.2 Å². The quantitative estimate of drug-likeness (QED) is 0.173. The van der Waals surface area contributed by atoms with Crippen LogP contribution >= 0.6 is 0 Å². The first-order valence-corrected chi connectivity index (χ1v) is 9.90. The molecule has 11 heteroatoms. The summed E-state index contributed by atoms with van der Waals surface area (Å²) in [6, 6.07) is 9.31. The van der Waals surface area contributed by atoms with Crippen molar-refractivity contribution in [1.82, 2.24) is 4.72 Å². The predicted octanol–water partition coefficient (Wildman–Crippen LogP) is 2.16. The van der Waals surface area contributed by atoms with E-state index in [0.717, 1.165) is 17.7 Å². The van der Waals surface area contributed by atoms with E-state index in [1.54, 1.807) is 19.1 Å². The Kier molecular flexibility index (Phi) is 6.94. The molecule has 0 spiro atoms. The second-order valence-electron chi connectivity index (χ2n) is 5.92. The van der Waals surface area contributed by atoms with E-state index < -0.39 is 32.7 Å².